The second-order valence-electron chi connectivity index (χ2n) is 3.64. The molecule has 1 rings (SSSR count). The first-order chi connectivity index (χ1) is 6.25. The van der Waals surface area contributed by atoms with E-state index >= 15 is 0 Å². The van der Waals surface area contributed by atoms with Gasteiger partial charge in [0.1, 0.15) is 0 Å². The molecule has 0 radical (unpaired) electrons. The number of carboxylic acid groups (broad SMARTS) is 1. The maximum atomic E-state index is 10.9. The monoisotopic (exact) mass is 202 g/mol. The Balaban J connectivity index is 2.41. The highest BCUT2D eigenvalue weighted by atomic mass is 32.2. The summed E-state index contributed by atoms with van der Waals surface area (Å²) < 4.78 is 0. The van der Waals surface area contributed by atoms with Crippen LogP contribution in [0.15, 0.2) is 0 Å². The average Bonchev–Trinajstić information content (AvgIpc) is 2.15. The molecule has 0 amide bonds. The Bertz CT molecular complexity index is 170. The van der Waals surface area contributed by atoms with Crippen LogP contribution in [0, 0.1) is 5.92 Å². The summed E-state index contributed by atoms with van der Waals surface area (Å²) in [5.41, 5.74) is 0. The second-order valence-corrected chi connectivity index (χ2v) is 4.99. The molecule has 0 heterocycles. The smallest absolute Gasteiger partial charge is 0.307 e. The third-order valence-electron chi connectivity index (χ3n) is 2.56. The largest absolute Gasteiger partial charge is 0.481 e. The number of thioether (sulfide) groups is 1. The quantitative estimate of drug-likeness (QED) is 0.761. The van der Waals surface area contributed by atoms with Crippen LogP contribution in [-0.4, -0.2) is 22.1 Å². The molecule has 1 aliphatic carbocycles. The normalized spacial score (nSPS) is 28.7. The van der Waals surface area contributed by atoms with Crippen molar-refractivity contribution in [2.75, 3.05) is 5.75 Å². The zero-order chi connectivity index (χ0) is 9.68. The van der Waals surface area contributed by atoms with Gasteiger partial charge in [0.05, 0.1) is 5.92 Å². The summed E-state index contributed by atoms with van der Waals surface area (Å²) in [7, 11) is 0. The van der Waals surface area contributed by atoms with Gasteiger partial charge in [-0.3, -0.25) is 4.79 Å². The fraction of sp³-hybridized carbons (Fsp3) is 0.900. The molecule has 0 aliphatic heterocycles. The zero-order valence-corrected chi connectivity index (χ0v) is 8.98. The van der Waals surface area contributed by atoms with Gasteiger partial charge in [-0.25, -0.2) is 0 Å². The standard InChI is InChI=1S/C10H18O2S/c1-2-7-13-9-6-4-3-5-8(9)10(11)12/h8-9H,2-7H2,1H3,(H,11,12)/t8-,9+/m1/s1. The van der Waals surface area contributed by atoms with E-state index in [1.54, 1.807) is 0 Å². The fourth-order valence-corrected chi connectivity index (χ4v) is 3.20. The van der Waals surface area contributed by atoms with Crippen molar-refractivity contribution in [3.8, 4) is 0 Å². The first-order valence-corrected chi connectivity index (χ1v) is 6.15. The SMILES string of the molecule is CCCS[C@H]1CCCC[C@H]1C(=O)O. The lowest BCUT2D eigenvalue weighted by molar-refractivity contribution is -0.142. The van der Waals surface area contributed by atoms with Gasteiger partial charge in [-0.1, -0.05) is 19.8 Å². The highest BCUT2D eigenvalue weighted by Crippen LogP contribution is 2.33. The highest BCUT2D eigenvalue weighted by Gasteiger charge is 2.30. The molecule has 0 unspecified atom stereocenters. The summed E-state index contributed by atoms with van der Waals surface area (Å²) in [5.74, 6) is 0.438. The van der Waals surface area contributed by atoms with E-state index in [0.29, 0.717) is 5.25 Å². The maximum Gasteiger partial charge on any atom is 0.307 e. The van der Waals surface area contributed by atoms with Crippen LogP contribution in [0.2, 0.25) is 0 Å². The second kappa shape index (κ2) is 5.53. The third-order valence-corrected chi connectivity index (χ3v) is 4.19. The molecular weight excluding hydrogens is 184 g/mol. The molecule has 1 saturated carbocycles. The molecule has 1 aliphatic rings. The molecule has 0 bridgehead atoms. The number of aliphatic carboxylic acids is 1. The molecule has 1 fully saturated rings. The molecule has 1 N–H and O–H groups in total. The van der Waals surface area contributed by atoms with E-state index in [4.69, 9.17) is 5.11 Å². The molecule has 13 heavy (non-hydrogen) atoms. The molecular formula is C10H18O2S. The van der Waals surface area contributed by atoms with Crippen molar-refractivity contribution >= 4 is 17.7 Å². The Labute approximate surface area is 84.1 Å². The van der Waals surface area contributed by atoms with Gasteiger partial charge in [-0.15, -0.1) is 0 Å². The predicted molar refractivity (Wildman–Crippen MR) is 56.1 cm³/mol. The first-order valence-electron chi connectivity index (χ1n) is 5.10. The van der Waals surface area contributed by atoms with Crippen LogP contribution >= 0.6 is 11.8 Å². The van der Waals surface area contributed by atoms with Crippen LogP contribution < -0.4 is 0 Å². The summed E-state index contributed by atoms with van der Waals surface area (Å²) in [6, 6.07) is 0. The van der Waals surface area contributed by atoms with Gasteiger partial charge in [0.15, 0.2) is 0 Å². The summed E-state index contributed by atoms with van der Waals surface area (Å²) in [6.45, 7) is 2.14. The van der Waals surface area contributed by atoms with Crippen LogP contribution in [0.4, 0.5) is 0 Å². The van der Waals surface area contributed by atoms with Crippen molar-refractivity contribution in [2.45, 2.75) is 44.3 Å². The summed E-state index contributed by atoms with van der Waals surface area (Å²) in [5, 5.41) is 9.38. The van der Waals surface area contributed by atoms with Crippen LogP contribution in [0.1, 0.15) is 39.0 Å². The first kappa shape index (κ1) is 10.9. The Kier molecular flexibility index (Phi) is 4.64. The summed E-state index contributed by atoms with van der Waals surface area (Å²) in [6.07, 6.45) is 5.44. The molecule has 2 atom stereocenters. The van der Waals surface area contributed by atoms with E-state index in [1.165, 1.54) is 6.42 Å². The molecule has 0 spiro atoms. The minimum absolute atomic E-state index is 0.0784. The zero-order valence-electron chi connectivity index (χ0n) is 8.16. The van der Waals surface area contributed by atoms with E-state index in [1.807, 2.05) is 11.8 Å². The van der Waals surface area contributed by atoms with Crippen molar-refractivity contribution < 1.29 is 9.90 Å². The third kappa shape index (κ3) is 3.22. The minimum atomic E-state index is -0.590. The summed E-state index contributed by atoms with van der Waals surface area (Å²) in [4.78, 5) is 10.9. The Morgan fingerprint density at radius 3 is 2.77 bits per heavy atom. The highest BCUT2D eigenvalue weighted by molar-refractivity contribution is 7.99. The molecule has 76 valence electrons. The topological polar surface area (TPSA) is 37.3 Å². The Hall–Kier alpha value is -0.180. The Morgan fingerprint density at radius 2 is 2.15 bits per heavy atom. The van der Waals surface area contributed by atoms with Gasteiger partial charge in [0, 0.05) is 5.25 Å². The lowest BCUT2D eigenvalue weighted by Crippen LogP contribution is -2.29. The molecule has 3 heteroatoms. The van der Waals surface area contributed by atoms with Crippen molar-refractivity contribution in [3.05, 3.63) is 0 Å². The molecule has 0 saturated heterocycles. The lowest BCUT2D eigenvalue weighted by Gasteiger charge is -2.27. The van der Waals surface area contributed by atoms with Gasteiger partial charge >= 0.3 is 5.97 Å². The van der Waals surface area contributed by atoms with E-state index in [9.17, 15) is 4.79 Å². The average molecular weight is 202 g/mol. The van der Waals surface area contributed by atoms with E-state index in [-0.39, 0.29) is 5.92 Å². The van der Waals surface area contributed by atoms with Gasteiger partial charge in [-0.05, 0) is 25.0 Å². The molecule has 0 aromatic rings. The van der Waals surface area contributed by atoms with Gasteiger partial charge in [0.2, 0.25) is 0 Å². The van der Waals surface area contributed by atoms with Gasteiger partial charge in [0.25, 0.3) is 0 Å². The summed E-state index contributed by atoms with van der Waals surface area (Å²) >= 11 is 1.85. The molecule has 2 nitrogen and oxygen atoms in total. The van der Waals surface area contributed by atoms with Crippen molar-refractivity contribution in [1.82, 2.24) is 0 Å². The minimum Gasteiger partial charge on any atom is -0.481 e. The van der Waals surface area contributed by atoms with Crippen LogP contribution in [0.3, 0.4) is 0 Å². The van der Waals surface area contributed by atoms with Crippen LogP contribution in [-0.2, 0) is 4.79 Å². The van der Waals surface area contributed by atoms with E-state index in [2.05, 4.69) is 6.92 Å². The van der Waals surface area contributed by atoms with Crippen molar-refractivity contribution in [1.29, 1.82) is 0 Å². The number of carbonyl (C=O) groups is 1. The number of rotatable bonds is 4. The van der Waals surface area contributed by atoms with Gasteiger partial charge in [-0.2, -0.15) is 11.8 Å². The number of hydrogen-bond acceptors (Lipinski definition) is 2. The van der Waals surface area contributed by atoms with Crippen LogP contribution in [0.25, 0.3) is 0 Å². The lowest BCUT2D eigenvalue weighted by atomic mass is 9.89. The maximum absolute atomic E-state index is 10.9. The fourth-order valence-electron chi connectivity index (χ4n) is 1.85. The molecule has 0 aromatic heterocycles. The predicted octanol–water partition coefficient (Wildman–Crippen LogP) is 2.77. The van der Waals surface area contributed by atoms with Crippen molar-refractivity contribution in [2.24, 2.45) is 5.92 Å². The number of hydrogen-bond donors (Lipinski definition) is 1. The Morgan fingerprint density at radius 1 is 1.46 bits per heavy atom. The number of carboxylic acids is 1. The van der Waals surface area contributed by atoms with E-state index < -0.39 is 5.97 Å². The van der Waals surface area contributed by atoms with Gasteiger partial charge < -0.3 is 5.11 Å². The van der Waals surface area contributed by atoms with E-state index in [0.717, 1.165) is 31.4 Å². The van der Waals surface area contributed by atoms with Crippen LogP contribution in [0.5, 0.6) is 0 Å². The molecule has 0 aromatic carbocycles. The van der Waals surface area contributed by atoms with Crippen molar-refractivity contribution in [3.63, 3.8) is 0 Å².